The number of aliphatic hydroxyl groups is 1. The predicted molar refractivity (Wildman–Crippen MR) is 147 cm³/mol. The van der Waals surface area contributed by atoms with Gasteiger partial charge in [0.2, 0.25) is 5.91 Å². The zero-order valence-corrected chi connectivity index (χ0v) is 23.6. The van der Waals surface area contributed by atoms with Crippen LogP contribution in [0.1, 0.15) is 29.8 Å². The molecule has 4 amide bonds. The Kier molecular flexibility index (Phi) is 9.48. The maximum atomic E-state index is 13.6. The largest absolute Gasteiger partial charge is 0.487 e. The van der Waals surface area contributed by atoms with E-state index < -0.39 is 41.7 Å². The fourth-order valence-electron chi connectivity index (χ4n) is 4.43. The van der Waals surface area contributed by atoms with Crippen LogP contribution in [0.4, 0.5) is 29.3 Å². The zero-order valence-electron chi connectivity index (χ0n) is 23.6. The molecule has 0 saturated heterocycles. The van der Waals surface area contributed by atoms with Gasteiger partial charge in [-0.2, -0.15) is 13.2 Å². The van der Waals surface area contributed by atoms with Gasteiger partial charge in [-0.25, -0.2) is 9.48 Å². The first kappa shape index (κ1) is 31.2. The van der Waals surface area contributed by atoms with E-state index in [2.05, 4.69) is 26.2 Å². The number of rotatable bonds is 8. The predicted octanol–water partition coefficient (Wildman–Crippen LogP) is 2.71. The number of carbonyl (C=O) groups is 3. The van der Waals surface area contributed by atoms with Crippen molar-refractivity contribution >= 4 is 29.2 Å². The highest BCUT2D eigenvalue weighted by Gasteiger charge is 2.34. The second-order valence-electron chi connectivity index (χ2n) is 10.3. The van der Waals surface area contributed by atoms with Crippen molar-refractivity contribution in [1.29, 1.82) is 0 Å². The zero-order chi connectivity index (χ0) is 31.3. The molecule has 0 unspecified atom stereocenters. The van der Waals surface area contributed by atoms with E-state index in [-0.39, 0.29) is 49.2 Å². The van der Waals surface area contributed by atoms with Gasteiger partial charge < -0.3 is 30.3 Å². The number of benzene rings is 2. The molecule has 2 heterocycles. The first-order chi connectivity index (χ1) is 20.3. The van der Waals surface area contributed by atoms with Gasteiger partial charge in [0.15, 0.2) is 0 Å². The van der Waals surface area contributed by atoms with Gasteiger partial charge in [0.05, 0.1) is 30.3 Å². The first-order valence-corrected chi connectivity index (χ1v) is 13.3. The smallest absolute Gasteiger partial charge is 0.416 e. The van der Waals surface area contributed by atoms with Gasteiger partial charge in [0, 0.05) is 30.9 Å². The quantitative estimate of drug-likeness (QED) is 0.355. The molecular formula is C27H31F3N8O5. The average Bonchev–Trinajstić information content (AvgIpc) is 3.47. The average molecular weight is 605 g/mol. The molecule has 0 saturated carbocycles. The van der Waals surface area contributed by atoms with Crippen LogP contribution in [0.15, 0.2) is 48.8 Å². The lowest BCUT2D eigenvalue weighted by molar-refractivity contribution is -0.137. The number of likely N-dealkylation sites (N-methyl/N-ethyl adjacent to an activating group) is 1. The number of aliphatic hydroxyl groups excluding tert-OH is 1. The summed E-state index contributed by atoms with van der Waals surface area (Å²) in [7, 11) is 1.51. The van der Waals surface area contributed by atoms with Gasteiger partial charge in [-0.3, -0.25) is 9.59 Å². The number of fused-ring (bicyclic) bond motifs is 1. The molecule has 0 fully saturated rings. The Labute approximate surface area is 244 Å². The molecule has 3 aromatic rings. The standard InChI is InChI=1S/C27H31F3N8O5/c1-16-11-38(17(2)14-39)25(41)21-10-20(32-24(40)13-37-15-31-34-35-37)8-9-22(21)43-23(16)12-36(3)26(42)33-19-6-4-18(5-7-19)27(28,29)30/h4-10,15-17,23,39H,11-14H2,1-3H3,(H,32,40)(H,33,42)/t16-,17+,23+/m1/s1. The summed E-state index contributed by atoms with van der Waals surface area (Å²) in [6.45, 7) is 3.35. The number of tetrazole rings is 1. The van der Waals surface area contributed by atoms with Crippen LogP contribution in [-0.4, -0.2) is 91.8 Å². The number of nitrogens with one attached hydrogen (secondary N) is 2. The number of aromatic nitrogens is 4. The highest BCUT2D eigenvalue weighted by Crippen LogP contribution is 2.32. The van der Waals surface area contributed by atoms with Crippen molar-refractivity contribution in [1.82, 2.24) is 30.0 Å². The van der Waals surface area contributed by atoms with Crippen molar-refractivity contribution in [2.24, 2.45) is 5.92 Å². The molecule has 43 heavy (non-hydrogen) atoms. The Morgan fingerprint density at radius 3 is 2.49 bits per heavy atom. The van der Waals surface area contributed by atoms with E-state index in [1.165, 1.54) is 52.1 Å². The van der Waals surface area contributed by atoms with E-state index in [4.69, 9.17) is 4.74 Å². The number of anilines is 2. The van der Waals surface area contributed by atoms with E-state index in [1.54, 1.807) is 13.0 Å². The molecule has 0 bridgehead atoms. The molecule has 1 aliphatic heterocycles. The molecule has 1 aliphatic rings. The summed E-state index contributed by atoms with van der Waals surface area (Å²) in [5, 5.41) is 25.7. The van der Waals surface area contributed by atoms with Crippen LogP contribution in [0.3, 0.4) is 0 Å². The Hall–Kier alpha value is -4.73. The summed E-state index contributed by atoms with van der Waals surface area (Å²) in [6, 6.07) is 7.54. The Bertz CT molecular complexity index is 1440. The number of urea groups is 1. The van der Waals surface area contributed by atoms with Crippen LogP contribution in [0.2, 0.25) is 0 Å². The lowest BCUT2D eigenvalue weighted by Gasteiger charge is -2.38. The minimum atomic E-state index is -4.49. The Balaban J connectivity index is 1.52. The van der Waals surface area contributed by atoms with Crippen LogP contribution in [0.25, 0.3) is 0 Å². The van der Waals surface area contributed by atoms with Crippen LogP contribution >= 0.6 is 0 Å². The summed E-state index contributed by atoms with van der Waals surface area (Å²) in [5.74, 6) is -0.930. The third kappa shape index (κ3) is 7.77. The summed E-state index contributed by atoms with van der Waals surface area (Å²) < 4.78 is 46.1. The minimum Gasteiger partial charge on any atom is -0.487 e. The van der Waals surface area contributed by atoms with Crippen molar-refractivity contribution in [3.8, 4) is 5.75 Å². The molecule has 13 nitrogen and oxygen atoms in total. The molecule has 3 atom stereocenters. The lowest BCUT2D eigenvalue weighted by Crippen LogP contribution is -2.50. The molecule has 16 heteroatoms. The highest BCUT2D eigenvalue weighted by molar-refractivity contribution is 6.00. The summed E-state index contributed by atoms with van der Waals surface area (Å²) in [6.07, 6.45) is -3.83. The van der Waals surface area contributed by atoms with E-state index in [9.17, 15) is 32.7 Å². The second kappa shape index (κ2) is 13.1. The van der Waals surface area contributed by atoms with Crippen LogP contribution < -0.4 is 15.4 Å². The van der Waals surface area contributed by atoms with E-state index >= 15 is 0 Å². The van der Waals surface area contributed by atoms with Gasteiger partial charge in [0.1, 0.15) is 24.7 Å². The van der Waals surface area contributed by atoms with Gasteiger partial charge in [-0.1, -0.05) is 6.92 Å². The topological polar surface area (TPSA) is 155 Å². The Morgan fingerprint density at radius 2 is 1.86 bits per heavy atom. The Morgan fingerprint density at radius 1 is 1.16 bits per heavy atom. The molecule has 4 rings (SSSR count). The molecular weight excluding hydrogens is 573 g/mol. The monoisotopic (exact) mass is 604 g/mol. The van der Waals surface area contributed by atoms with Crippen molar-refractivity contribution in [2.75, 3.05) is 37.4 Å². The second-order valence-corrected chi connectivity index (χ2v) is 10.3. The third-order valence-electron chi connectivity index (χ3n) is 6.91. The third-order valence-corrected chi connectivity index (χ3v) is 6.91. The maximum absolute atomic E-state index is 13.6. The SMILES string of the molecule is C[C@@H]1CN([C@@H](C)CO)C(=O)c2cc(NC(=O)Cn3cnnn3)ccc2O[C@H]1CN(C)C(=O)Nc1ccc(C(F)(F)F)cc1. The van der Waals surface area contributed by atoms with Crippen molar-refractivity contribution < 1.29 is 37.4 Å². The number of hydrogen-bond acceptors (Lipinski definition) is 8. The highest BCUT2D eigenvalue weighted by atomic mass is 19.4. The van der Waals surface area contributed by atoms with Crippen LogP contribution in [0, 0.1) is 5.92 Å². The fraction of sp³-hybridized carbons (Fsp3) is 0.407. The number of alkyl halides is 3. The number of nitrogens with zero attached hydrogens (tertiary/aromatic N) is 6. The lowest BCUT2D eigenvalue weighted by atomic mass is 9.99. The summed E-state index contributed by atoms with van der Waals surface area (Å²) in [4.78, 5) is 41.8. The van der Waals surface area contributed by atoms with Crippen LogP contribution in [0.5, 0.6) is 5.75 Å². The summed E-state index contributed by atoms with van der Waals surface area (Å²) in [5.41, 5.74) is -0.177. The molecule has 230 valence electrons. The van der Waals surface area contributed by atoms with Crippen molar-refractivity contribution in [3.05, 3.63) is 59.9 Å². The van der Waals surface area contributed by atoms with Gasteiger partial charge in [0.25, 0.3) is 5.91 Å². The molecule has 0 spiro atoms. The summed E-state index contributed by atoms with van der Waals surface area (Å²) >= 11 is 0. The molecule has 2 aromatic carbocycles. The van der Waals surface area contributed by atoms with E-state index in [0.717, 1.165) is 12.1 Å². The van der Waals surface area contributed by atoms with Crippen LogP contribution in [-0.2, 0) is 17.5 Å². The van der Waals surface area contributed by atoms with Gasteiger partial charge in [-0.05, 0) is 59.8 Å². The maximum Gasteiger partial charge on any atom is 0.416 e. The number of hydrogen-bond donors (Lipinski definition) is 3. The number of amides is 4. The van der Waals surface area contributed by atoms with Crippen molar-refractivity contribution in [3.63, 3.8) is 0 Å². The number of ether oxygens (including phenoxy) is 1. The first-order valence-electron chi connectivity index (χ1n) is 13.3. The molecule has 0 radical (unpaired) electrons. The van der Waals surface area contributed by atoms with Gasteiger partial charge in [-0.15, -0.1) is 5.10 Å². The molecule has 3 N–H and O–H groups in total. The number of halogens is 3. The van der Waals surface area contributed by atoms with Gasteiger partial charge >= 0.3 is 12.2 Å². The number of carbonyl (C=O) groups excluding carboxylic acids is 3. The fourth-order valence-corrected chi connectivity index (χ4v) is 4.43. The van der Waals surface area contributed by atoms with E-state index in [1.807, 2.05) is 6.92 Å². The van der Waals surface area contributed by atoms with Crippen molar-refractivity contribution in [2.45, 2.75) is 38.7 Å². The molecule has 0 aliphatic carbocycles. The normalized spacial score (nSPS) is 17.7. The minimum absolute atomic E-state index is 0.0625. The van der Waals surface area contributed by atoms with E-state index in [0.29, 0.717) is 5.69 Å². The molecule has 1 aromatic heterocycles.